The number of ether oxygens (including phenoxy) is 3. The highest BCUT2D eigenvalue weighted by Gasteiger charge is 2.55. The fourth-order valence-corrected chi connectivity index (χ4v) is 6.62. The van der Waals surface area contributed by atoms with E-state index in [4.69, 9.17) is 29.0 Å². The molecule has 1 fully saturated rings. The number of hydrogen-bond donors (Lipinski definition) is 3. The van der Waals surface area contributed by atoms with Crippen molar-refractivity contribution >= 4 is 30.8 Å². The van der Waals surface area contributed by atoms with Crippen molar-refractivity contribution < 1.29 is 37.7 Å². The highest BCUT2D eigenvalue weighted by atomic mass is 31.2. The van der Waals surface area contributed by atoms with Crippen LogP contribution in [0.5, 0.6) is 5.88 Å². The van der Waals surface area contributed by atoms with E-state index in [1.165, 1.54) is 17.8 Å². The van der Waals surface area contributed by atoms with Gasteiger partial charge in [0.1, 0.15) is 11.6 Å². The van der Waals surface area contributed by atoms with E-state index in [1.807, 2.05) is 18.2 Å². The Morgan fingerprint density at radius 2 is 1.90 bits per heavy atom. The van der Waals surface area contributed by atoms with Gasteiger partial charge in [0.25, 0.3) is 0 Å². The van der Waals surface area contributed by atoms with E-state index >= 15 is 0 Å². The molecule has 1 aliphatic rings. The van der Waals surface area contributed by atoms with Gasteiger partial charge in [-0.2, -0.15) is 9.97 Å². The summed E-state index contributed by atoms with van der Waals surface area (Å²) in [5.74, 6) is -0.740. The van der Waals surface area contributed by atoms with E-state index in [2.05, 4.69) is 30.1 Å². The molecule has 0 bridgehead atoms. The van der Waals surface area contributed by atoms with Crippen LogP contribution in [0.25, 0.3) is 21.6 Å². The second-order valence-corrected chi connectivity index (χ2v) is 12.6. The van der Waals surface area contributed by atoms with Gasteiger partial charge in [-0.1, -0.05) is 65.8 Å². The minimum Gasteiger partial charge on any atom is -0.476 e. The number of nitrogens with zero attached hydrogens (tertiary/aromatic N) is 7. The third-order valence-corrected chi connectivity index (χ3v) is 9.05. The zero-order valence-corrected chi connectivity index (χ0v) is 27.3. The summed E-state index contributed by atoms with van der Waals surface area (Å²) in [5, 5.41) is 18.2. The number of nitrogens with two attached hydrogens (primary N) is 1. The van der Waals surface area contributed by atoms with Crippen molar-refractivity contribution in [2.75, 3.05) is 25.6 Å². The molecule has 4 N–H and O–H groups in total. The average molecular weight is 682 g/mol. The minimum absolute atomic E-state index is 0.0416. The third-order valence-electron chi connectivity index (χ3n) is 7.53. The number of nitrogen functional groups attached to an aromatic ring is 1. The fraction of sp³-hybridized carbons (Fsp3) is 0.400. The lowest BCUT2D eigenvalue weighted by molar-refractivity contribution is -0.152. The van der Waals surface area contributed by atoms with Crippen molar-refractivity contribution in [1.29, 1.82) is 0 Å². The summed E-state index contributed by atoms with van der Waals surface area (Å²) in [6.07, 6.45) is -3.94. The molecule has 0 radical (unpaired) electrons. The molecule has 2 unspecified atom stereocenters. The van der Waals surface area contributed by atoms with Crippen LogP contribution in [-0.4, -0.2) is 68.2 Å². The molecule has 48 heavy (non-hydrogen) atoms. The number of aromatic nitrogens is 4. The molecule has 5 rings (SSSR count). The molecule has 2 aromatic carbocycles. The standard InChI is InChI=1S/C30H36N9O8P/c1-4-43-26-22-25(35-29(31)36-26)39(18-33-22)28-30(3,37-38-32)24(40)21(46-28)17-45-48(42,34-16-19-12-8-6-9-13-19)47-23(27(41)44-5-2)20-14-10-7-11-15-20/h6-15,18,21,23-24,28,40H,4-5,16-17H2,1-3H3,(H,34,42)(H2,31,35,36)/t21-,23?,24-,28-,30-,48?/m1/s1. The number of fused-ring (bicyclic) bond motifs is 1. The normalized spacial score (nSPS) is 22.5. The molecule has 1 saturated heterocycles. The van der Waals surface area contributed by atoms with E-state index in [0.29, 0.717) is 5.56 Å². The molecule has 2 aromatic heterocycles. The highest BCUT2D eigenvalue weighted by Crippen LogP contribution is 2.51. The number of imidazole rings is 1. The van der Waals surface area contributed by atoms with Crippen molar-refractivity contribution in [3.8, 4) is 5.88 Å². The Balaban J connectivity index is 1.45. The van der Waals surface area contributed by atoms with E-state index in [1.54, 1.807) is 56.3 Å². The van der Waals surface area contributed by atoms with Crippen LogP contribution in [0, 0.1) is 0 Å². The van der Waals surface area contributed by atoms with Crippen LogP contribution >= 0.6 is 7.75 Å². The van der Waals surface area contributed by atoms with E-state index in [0.717, 1.165) is 5.56 Å². The Kier molecular flexibility index (Phi) is 10.9. The van der Waals surface area contributed by atoms with Crippen LogP contribution in [0.4, 0.5) is 5.95 Å². The molecule has 17 nitrogen and oxygen atoms in total. The van der Waals surface area contributed by atoms with E-state index in [9.17, 15) is 20.0 Å². The summed E-state index contributed by atoms with van der Waals surface area (Å²) in [6.45, 7) is 4.76. The number of esters is 1. The monoisotopic (exact) mass is 681 g/mol. The molecular weight excluding hydrogens is 645 g/mol. The van der Waals surface area contributed by atoms with Gasteiger partial charge in [0, 0.05) is 11.5 Å². The van der Waals surface area contributed by atoms with Gasteiger partial charge < -0.3 is 25.1 Å². The average Bonchev–Trinajstić information content (AvgIpc) is 3.60. The molecule has 254 valence electrons. The van der Waals surface area contributed by atoms with E-state index < -0.39 is 50.4 Å². The molecule has 3 heterocycles. The maximum absolute atomic E-state index is 14.4. The fourth-order valence-electron chi connectivity index (χ4n) is 5.19. The van der Waals surface area contributed by atoms with Crippen LogP contribution in [0.1, 0.15) is 44.2 Å². The van der Waals surface area contributed by atoms with Gasteiger partial charge in [-0.3, -0.25) is 13.6 Å². The predicted molar refractivity (Wildman–Crippen MR) is 172 cm³/mol. The number of carbonyl (C=O) groups is 1. The number of hydrogen-bond acceptors (Lipinski definition) is 13. The number of anilines is 1. The molecule has 0 saturated carbocycles. The van der Waals surface area contributed by atoms with Gasteiger partial charge in [-0.05, 0) is 37.4 Å². The molecule has 0 aliphatic carbocycles. The number of rotatable bonds is 15. The van der Waals surface area contributed by atoms with Crippen LogP contribution in [0.15, 0.2) is 72.1 Å². The number of azide groups is 1. The second-order valence-electron chi connectivity index (χ2n) is 10.8. The molecule has 18 heteroatoms. The first-order chi connectivity index (χ1) is 23.1. The van der Waals surface area contributed by atoms with Crippen LogP contribution in [-0.2, 0) is 34.4 Å². The number of aliphatic hydroxyl groups excluding tert-OH is 1. The van der Waals surface area contributed by atoms with Gasteiger partial charge in [0.2, 0.25) is 11.8 Å². The number of carbonyl (C=O) groups excluding carboxylic acids is 1. The Labute approximate surface area is 275 Å². The van der Waals surface area contributed by atoms with Gasteiger partial charge in [-0.25, -0.2) is 19.4 Å². The van der Waals surface area contributed by atoms with Gasteiger partial charge in [0.15, 0.2) is 23.5 Å². The Morgan fingerprint density at radius 1 is 1.19 bits per heavy atom. The van der Waals surface area contributed by atoms with Crippen molar-refractivity contribution in [2.45, 2.75) is 57.4 Å². The second kappa shape index (κ2) is 15.1. The highest BCUT2D eigenvalue weighted by molar-refractivity contribution is 7.51. The molecule has 1 aliphatic heterocycles. The Hall–Kier alpha value is -4.60. The van der Waals surface area contributed by atoms with Gasteiger partial charge in [0.05, 0.1) is 32.3 Å². The topological polar surface area (TPSA) is 231 Å². The summed E-state index contributed by atoms with van der Waals surface area (Å²) in [4.78, 5) is 28.7. The lowest BCUT2D eigenvalue weighted by Gasteiger charge is -2.28. The van der Waals surface area contributed by atoms with Crippen LogP contribution in [0.2, 0.25) is 0 Å². The third kappa shape index (κ3) is 7.42. The minimum atomic E-state index is -4.38. The van der Waals surface area contributed by atoms with E-state index in [-0.39, 0.29) is 42.8 Å². The largest absolute Gasteiger partial charge is 0.476 e. The quantitative estimate of drug-likeness (QED) is 0.0521. The summed E-state index contributed by atoms with van der Waals surface area (Å²) in [5.41, 5.74) is 15.4. The lowest BCUT2D eigenvalue weighted by Crippen LogP contribution is -2.42. The van der Waals surface area contributed by atoms with Gasteiger partial charge in [-0.15, -0.1) is 0 Å². The summed E-state index contributed by atoms with van der Waals surface area (Å²) in [7, 11) is -4.38. The number of nitrogens with one attached hydrogen (secondary N) is 1. The van der Waals surface area contributed by atoms with Crippen molar-refractivity contribution in [2.24, 2.45) is 5.11 Å². The first-order valence-corrected chi connectivity index (χ1v) is 16.6. The number of benzene rings is 2. The SMILES string of the molecule is CCOC(=O)C(OP(=O)(NCc1ccccc1)OC[C@H]1O[C@@H](n2cnc3c(OCC)nc(N)nc32)[C@](C)(N=[N+]=[N-])[C@@H]1O)c1ccccc1. The molecular formula is C30H36N9O8P. The number of aliphatic hydroxyl groups is 1. The first-order valence-electron chi connectivity index (χ1n) is 15.1. The van der Waals surface area contributed by atoms with Crippen molar-refractivity contribution in [3.63, 3.8) is 0 Å². The summed E-state index contributed by atoms with van der Waals surface area (Å²) < 4.78 is 44.7. The van der Waals surface area contributed by atoms with Gasteiger partial charge >= 0.3 is 13.7 Å². The zero-order chi connectivity index (χ0) is 34.3. The summed E-state index contributed by atoms with van der Waals surface area (Å²) >= 11 is 0. The summed E-state index contributed by atoms with van der Waals surface area (Å²) in [6, 6.07) is 17.5. The Bertz CT molecular complexity index is 1810. The zero-order valence-electron chi connectivity index (χ0n) is 26.4. The smallest absolute Gasteiger partial charge is 0.407 e. The van der Waals surface area contributed by atoms with Crippen LogP contribution < -0.4 is 15.6 Å². The molecule has 0 amide bonds. The first kappa shape index (κ1) is 34.7. The maximum Gasteiger partial charge on any atom is 0.407 e. The van der Waals surface area contributed by atoms with Crippen molar-refractivity contribution in [1.82, 2.24) is 24.6 Å². The predicted octanol–water partition coefficient (Wildman–Crippen LogP) is 4.37. The lowest BCUT2D eigenvalue weighted by atomic mass is 9.93. The molecule has 4 aromatic rings. The maximum atomic E-state index is 14.4. The van der Waals surface area contributed by atoms with Crippen LogP contribution in [0.3, 0.4) is 0 Å². The molecule has 6 atom stereocenters. The Morgan fingerprint density at radius 3 is 2.56 bits per heavy atom. The molecule has 0 spiro atoms. The van der Waals surface area contributed by atoms with Crippen molar-refractivity contribution in [3.05, 3.63) is 88.6 Å².